The molecule has 3 heterocycles. The molecule has 0 aliphatic heterocycles. The molecule has 35 heavy (non-hydrogen) atoms. The van der Waals surface area contributed by atoms with Crippen LogP contribution in [0.1, 0.15) is 51.5 Å². The summed E-state index contributed by atoms with van der Waals surface area (Å²) in [7, 11) is 0. The van der Waals surface area contributed by atoms with Gasteiger partial charge in [0.05, 0.1) is 5.69 Å². The first kappa shape index (κ1) is 22.2. The first-order valence-corrected chi connectivity index (χ1v) is 13.2. The zero-order valence-corrected chi connectivity index (χ0v) is 22.0. The third-order valence-electron chi connectivity index (χ3n) is 6.96. The van der Waals surface area contributed by atoms with Gasteiger partial charge in [-0.25, -0.2) is 9.97 Å². The Labute approximate surface area is 209 Å². The average Bonchev–Trinajstić information content (AvgIpc) is 3.34. The normalized spacial score (nSPS) is 12.7. The number of aromatic nitrogens is 2. The van der Waals surface area contributed by atoms with Crippen molar-refractivity contribution in [3.63, 3.8) is 0 Å². The number of aryl methyl sites for hydroxylation is 1. The van der Waals surface area contributed by atoms with E-state index in [0.717, 1.165) is 39.2 Å². The highest BCUT2D eigenvalue weighted by Crippen LogP contribution is 2.45. The summed E-state index contributed by atoms with van der Waals surface area (Å²) < 4.78 is 7.59. The lowest BCUT2D eigenvalue weighted by Gasteiger charge is -2.22. The molecule has 176 valence electrons. The predicted molar refractivity (Wildman–Crippen MR) is 150 cm³/mol. The van der Waals surface area contributed by atoms with Crippen molar-refractivity contribution in [2.45, 2.75) is 53.4 Å². The molecule has 3 aromatic heterocycles. The van der Waals surface area contributed by atoms with Crippen LogP contribution in [0.25, 0.3) is 53.3 Å². The second-order valence-electron chi connectivity index (χ2n) is 11.1. The Kier molecular flexibility index (Phi) is 5.01. The topological polar surface area (TPSA) is 38.9 Å². The van der Waals surface area contributed by atoms with Crippen LogP contribution in [0.2, 0.25) is 0 Å². The van der Waals surface area contributed by atoms with E-state index in [2.05, 4.69) is 90.1 Å². The lowest BCUT2D eigenvalue weighted by atomic mass is 9.82. The van der Waals surface area contributed by atoms with Crippen LogP contribution >= 0.6 is 11.3 Å². The number of hydrogen-bond donors (Lipinski definition) is 0. The highest BCUT2D eigenvalue weighted by Gasteiger charge is 2.23. The number of hydrogen-bond acceptors (Lipinski definition) is 4. The molecule has 6 rings (SSSR count). The fourth-order valence-electron chi connectivity index (χ4n) is 5.33. The molecule has 0 bridgehead atoms. The van der Waals surface area contributed by atoms with Gasteiger partial charge in [-0.1, -0.05) is 58.9 Å². The first-order chi connectivity index (χ1) is 16.7. The second-order valence-corrected chi connectivity index (χ2v) is 12.1. The first-order valence-electron chi connectivity index (χ1n) is 12.3. The Morgan fingerprint density at radius 1 is 0.943 bits per heavy atom. The maximum atomic E-state index is 6.37. The van der Waals surface area contributed by atoms with Crippen molar-refractivity contribution in [3.8, 4) is 11.3 Å². The quantitative estimate of drug-likeness (QED) is 0.254. The van der Waals surface area contributed by atoms with Crippen molar-refractivity contribution in [2.75, 3.05) is 0 Å². The van der Waals surface area contributed by atoms with E-state index in [0.29, 0.717) is 5.92 Å². The van der Waals surface area contributed by atoms with E-state index in [1.54, 1.807) is 17.7 Å². The van der Waals surface area contributed by atoms with Crippen molar-refractivity contribution in [2.24, 2.45) is 5.92 Å². The molecule has 0 aliphatic carbocycles. The van der Waals surface area contributed by atoms with Crippen LogP contribution < -0.4 is 0 Å². The van der Waals surface area contributed by atoms with E-state index in [-0.39, 0.29) is 5.41 Å². The van der Waals surface area contributed by atoms with Gasteiger partial charge in [-0.2, -0.15) is 0 Å². The van der Waals surface area contributed by atoms with Crippen molar-refractivity contribution in [1.29, 1.82) is 0 Å². The van der Waals surface area contributed by atoms with Gasteiger partial charge in [-0.05, 0) is 64.4 Å². The van der Waals surface area contributed by atoms with Gasteiger partial charge < -0.3 is 4.42 Å². The standard InChI is InChI=1S/C31H30N2OS/c1-17(2)13-24-18(3)26-23(34-24)11-12-25-27(26)28-29(32-16-33-30(28)35-25)20-14-19-9-7-8-10-21(19)22(15-20)31(4,5)6/h7-12,14-17H,13H2,1-6H3. The molecule has 3 aromatic carbocycles. The molecule has 6 aromatic rings. The van der Waals surface area contributed by atoms with Crippen LogP contribution in [-0.4, -0.2) is 9.97 Å². The molecule has 0 saturated carbocycles. The third kappa shape index (κ3) is 3.54. The number of thiophene rings is 1. The van der Waals surface area contributed by atoms with Gasteiger partial charge in [-0.15, -0.1) is 11.3 Å². The maximum Gasteiger partial charge on any atom is 0.135 e. The highest BCUT2D eigenvalue weighted by atomic mass is 32.1. The van der Waals surface area contributed by atoms with Crippen LogP contribution in [0.4, 0.5) is 0 Å². The SMILES string of the molecule is Cc1c(CC(C)C)oc2ccc3sc4ncnc(-c5cc(C(C)(C)C)c6ccccc6c5)c4c3c12. The summed E-state index contributed by atoms with van der Waals surface area (Å²) in [6.45, 7) is 13.5. The number of fused-ring (bicyclic) bond motifs is 6. The number of benzene rings is 3. The van der Waals surface area contributed by atoms with Crippen LogP contribution in [0.15, 0.2) is 59.3 Å². The molecular weight excluding hydrogens is 448 g/mol. The third-order valence-corrected chi connectivity index (χ3v) is 8.02. The van der Waals surface area contributed by atoms with Crippen molar-refractivity contribution < 1.29 is 4.42 Å². The molecular formula is C31H30N2OS. The summed E-state index contributed by atoms with van der Waals surface area (Å²) in [4.78, 5) is 10.6. The van der Waals surface area contributed by atoms with Gasteiger partial charge in [0.1, 0.15) is 22.5 Å². The Hall–Kier alpha value is -3.24. The van der Waals surface area contributed by atoms with E-state index in [4.69, 9.17) is 14.4 Å². The zero-order valence-electron chi connectivity index (χ0n) is 21.2. The fourth-order valence-corrected chi connectivity index (χ4v) is 6.38. The van der Waals surface area contributed by atoms with E-state index in [1.165, 1.54) is 37.4 Å². The molecule has 0 atom stereocenters. The minimum atomic E-state index is 0.0125. The number of furan rings is 1. The van der Waals surface area contributed by atoms with Crippen LogP contribution in [-0.2, 0) is 11.8 Å². The highest BCUT2D eigenvalue weighted by molar-refractivity contribution is 7.25. The van der Waals surface area contributed by atoms with Gasteiger partial charge in [0, 0.05) is 32.8 Å². The van der Waals surface area contributed by atoms with Gasteiger partial charge in [0.2, 0.25) is 0 Å². The summed E-state index contributed by atoms with van der Waals surface area (Å²) in [6.07, 6.45) is 2.65. The maximum absolute atomic E-state index is 6.37. The molecule has 0 N–H and O–H groups in total. The number of rotatable bonds is 3. The van der Waals surface area contributed by atoms with Crippen LogP contribution in [0.3, 0.4) is 0 Å². The molecule has 0 radical (unpaired) electrons. The van der Waals surface area contributed by atoms with E-state index in [1.807, 2.05) is 0 Å². The largest absolute Gasteiger partial charge is 0.461 e. The molecule has 0 spiro atoms. The van der Waals surface area contributed by atoms with Gasteiger partial charge in [0.25, 0.3) is 0 Å². The van der Waals surface area contributed by atoms with Crippen molar-refractivity contribution in [1.82, 2.24) is 9.97 Å². The monoisotopic (exact) mass is 478 g/mol. The molecule has 0 unspecified atom stereocenters. The lowest BCUT2D eigenvalue weighted by Crippen LogP contribution is -2.12. The minimum absolute atomic E-state index is 0.0125. The summed E-state index contributed by atoms with van der Waals surface area (Å²) >= 11 is 1.74. The van der Waals surface area contributed by atoms with E-state index in [9.17, 15) is 0 Å². The summed E-state index contributed by atoms with van der Waals surface area (Å²) in [5.41, 5.74) is 5.67. The second kappa shape index (κ2) is 7.89. The minimum Gasteiger partial charge on any atom is -0.461 e. The predicted octanol–water partition coefficient (Wildman–Crippen LogP) is 9.22. The molecule has 0 saturated heterocycles. The van der Waals surface area contributed by atoms with Crippen LogP contribution in [0.5, 0.6) is 0 Å². The molecule has 3 nitrogen and oxygen atoms in total. The molecule has 0 aliphatic rings. The van der Waals surface area contributed by atoms with Crippen molar-refractivity contribution >= 4 is 53.4 Å². The number of nitrogens with zero attached hydrogens (tertiary/aromatic N) is 2. The molecule has 4 heteroatoms. The fraction of sp³-hybridized carbons (Fsp3) is 0.290. The summed E-state index contributed by atoms with van der Waals surface area (Å²) in [5.74, 6) is 1.62. The Morgan fingerprint density at radius 3 is 2.51 bits per heavy atom. The van der Waals surface area contributed by atoms with Gasteiger partial charge in [-0.3, -0.25) is 0 Å². The summed E-state index contributed by atoms with van der Waals surface area (Å²) in [6, 6.07) is 17.6. The van der Waals surface area contributed by atoms with E-state index >= 15 is 0 Å². The van der Waals surface area contributed by atoms with Gasteiger partial charge in [0.15, 0.2) is 0 Å². The zero-order chi connectivity index (χ0) is 24.5. The lowest BCUT2D eigenvalue weighted by molar-refractivity contribution is 0.496. The summed E-state index contributed by atoms with van der Waals surface area (Å²) in [5, 5.41) is 6.10. The Balaban J connectivity index is 1.72. The Bertz CT molecular complexity index is 1750. The Morgan fingerprint density at radius 2 is 1.74 bits per heavy atom. The van der Waals surface area contributed by atoms with Crippen LogP contribution in [0, 0.1) is 12.8 Å². The van der Waals surface area contributed by atoms with Gasteiger partial charge >= 0.3 is 0 Å². The smallest absolute Gasteiger partial charge is 0.135 e. The molecule has 0 fully saturated rings. The average molecular weight is 479 g/mol. The van der Waals surface area contributed by atoms with Crippen molar-refractivity contribution in [3.05, 3.63) is 71.7 Å². The van der Waals surface area contributed by atoms with E-state index < -0.39 is 0 Å². The molecule has 0 amide bonds.